The van der Waals surface area contributed by atoms with E-state index in [0.717, 1.165) is 0 Å². The van der Waals surface area contributed by atoms with Crippen molar-refractivity contribution < 1.29 is 4.39 Å². The minimum atomic E-state index is -0.686. The minimum absolute atomic E-state index is 0. The molecule has 4 heteroatoms. The van der Waals surface area contributed by atoms with Crippen molar-refractivity contribution in [1.82, 2.24) is 0 Å². The predicted octanol–water partition coefficient (Wildman–Crippen LogP) is 3.09. The van der Waals surface area contributed by atoms with E-state index in [0.29, 0.717) is 5.56 Å². The molecule has 0 aromatic heterocycles. The molecule has 0 bridgehead atoms. The number of halogens is 3. The zero-order valence-electron chi connectivity index (χ0n) is 7.47. The Morgan fingerprint density at radius 3 is 2.31 bits per heavy atom. The van der Waals surface area contributed by atoms with Crippen LogP contribution in [0.25, 0.3) is 0 Å². The molecule has 0 spiro atoms. The van der Waals surface area contributed by atoms with Crippen molar-refractivity contribution in [1.29, 1.82) is 0 Å². The molecule has 0 saturated heterocycles. The normalized spacial score (nSPS) is 10.8. The first-order valence-electron chi connectivity index (χ1n) is 3.66. The molecule has 0 unspecified atom stereocenters. The van der Waals surface area contributed by atoms with Crippen LogP contribution in [-0.2, 0) is 5.54 Å². The molecule has 0 atom stereocenters. The van der Waals surface area contributed by atoms with Gasteiger partial charge >= 0.3 is 0 Å². The second kappa shape index (κ2) is 4.27. The predicted molar refractivity (Wildman–Crippen MR) is 55.9 cm³/mol. The summed E-state index contributed by atoms with van der Waals surface area (Å²) in [7, 11) is 0. The summed E-state index contributed by atoms with van der Waals surface area (Å²) < 4.78 is 13.3. The standard InChI is InChI=1S/C9H11ClFN.ClH/c1-9(2,12)6-4-3-5-7(10)8(6)11;/h3-5H,12H2,1-2H3;1H. The average Bonchev–Trinajstić information content (AvgIpc) is 1.92. The van der Waals surface area contributed by atoms with E-state index in [1.54, 1.807) is 26.0 Å². The Labute approximate surface area is 88.5 Å². The first kappa shape index (κ1) is 12.7. The lowest BCUT2D eigenvalue weighted by Gasteiger charge is -2.19. The third-order valence-electron chi connectivity index (χ3n) is 1.65. The van der Waals surface area contributed by atoms with Gasteiger partial charge < -0.3 is 5.73 Å². The molecule has 2 N–H and O–H groups in total. The number of nitrogens with two attached hydrogens (primary N) is 1. The van der Waals surface area contributed by atoms with E-state index >= 15 is 0 Å². The third kappa shape index (κ3) is 2.83. The Hall–Kier alpha value is -0.310. The van der Waals surface area contributed by atoms with Crippen LogP contribution in [0.1, 0.15) is 19.4 Å². The van der Waals surface area contributed by atoms with Crippen molar-refractivity contribution in [2.24, 2.45) is 5.73 Å². The monoisotopic (exact) mass is 223 g/mol. The number of hydrogen-bond acceptors (Lipinski definition) is 1. The molecule has 0 aliphatic heterocycles. The van der Waals surface area contributed by atoms with Crippen LogP contribution in [0.5, 0.6) is 0 Å². The summed E-state index contributed by atoms with van der Waals surface area (Å²) in [5, 5.41) is 0.117. The molecular formula is C9H12Cl2FN. The van der Waals surface area contributed by atoms with Gasteiger partial charge in [0.15, 0.2) is 0 Å². The Kier molecular flexibility index (Phi) is 4.17. The molecule has 0 aliphatic rings. The molecule has 0 radical (unpaired) electrons. The second-order valence-electron chi connectivity index (χ2n) is 3.32. The van der Waals surface area contributed by atoms with Crippen molar-refractivity contribution in [2.45, 2.75) is 19.4 Å². The van der Waals surface area contributed by atoms with Gasteiger partial charge in [-0.25, -0.2) is 4.39 Å². The van der Waals surface area contributed by atoms with Gasteiger partial charge in [0, 0.05) is 11.1 Å². The molecule has 0 saturated carbocycles. The molecule has 0 heterocycles. The van der Waals surface area contributed by atoms with Crippen molar-refractivity contribution in [3.05, 3.63) is 34.6 Å². The Morgan fingerprint density at radius 2 is 1.92 bits per heavy atom. The third-order valence-corrected chi connectivity index (χ3v) is 1.94. The summed E-state index contributed by atoms with van der Waals surface area (Å²) in [5.74, 6) is -0.424. The molecule has 0 fully saturated rings. The first-order valence-corrected chi connectivity index (χ1v) is 4.04. The van der Waals surface area contributed by atoms with Gasteiger partial charge in [0.05, 0.1) is 5.02 Å². The van der Waals surface area contributed by atoms with Crippen molar-refractivity contribution in [3.8, 4) is 0 Å². The second-order valence-corrected chi connectivity index (χ2v) is 3.73. The Morgan fingerprint density at radius 1 is 1.38 bits per heavy atom. The van der Waals surface area contributed by atoms with E-state index in [2.05, 4.69) is 0 Å². The highest BCUT2D eigenvalue weighted by Crippen LogP contribution is 2.25. The van der Waals surface area contributed by atoms with Gasteiger partial charge in [0.25, 0.3) is 0 Å². The summed E-state index contributed by atoms with van der Waals surface area (Å²) >= 11 is 5.59. The van der Waals surface area contributed by atoms with Crippen LogP contribution in [0.15, 0.2) is 18.2 Å². The number of hydrogen-bond donors (Lipinski definition) is 1. The molecule has 13 heavy (non-hydrogen) atoms. The fraction of sp³-hybridized carbons (Fsp3) is 0.333. The highest BCUT2D eigenvalue weighted by atomic mass is 35.5. The van der Waals surface area contributed by atoms with Gasteiger partial charge in [-0.3, -0.25) is 0 Å². The van der Waals surface area contributed by atoms with Crippen LogP contribution in [0.4, 0.5) is 4.39 Å². The van der Waals surface area contributed by atoms with Crippen molar-refractivity contribution in [2.75, 3.05) is 0 Å². The lowest BCUT2D eigenvalue weighted by Crippen LogP contribution is -2.29. The molecule has 0 amide bonds. The smallest absolute Gasteiger partial charge is 0.146 e. The SMILES string of the molecule is CC(C)(N)c1cccc(Cl)c1F.Cl. The minimum Gasteiger partial charge on any atom is -0.322 e. The van der Waals surface area contributed by atoms with E-state index in [-0.39, 0.29) is 17.4 Å². The Bertz CT molecular complexity index is 294. The van der Waals surface area contributed by atoms with Crippen LogP contribution in [0, 0.1) is 5.82 Å². The summed E-state index contributed by atoms with van der Waals surface area (Å²) in [6, 6.07) is 4.84. The maximum absolute atomic E-state index is 13.3. The molecule has 1 aromatic rings. The number of rotatable bonds is 1. The van der Waals surface area contributed by atoms with Crippen LogP contribution in [0.3, 0.4) is 0 Å². The summed E-state index contributed by atoms with van der Waals surface area (Å²) in [6.45, 7) is 3.48. The van der Waals surface area contributed by atoms with Crippen LogP contribution in [0.2, 0.25) is 5.02 Å². The van der Waals surface area contributed by atoms with Gasteiger partial charge in [-0.15, -0.1) is 12.4 Å². The summed E-state index contributed by atoms with van der Waals surface area (Å²) in [5.41, 5.74) is 5.48. The van der Waals surface area contributed by atoms with E-state index in [9.17, 15) is 4.39 Å². The van der Waals surface area contributed by atoms with E-state index in [1.165, 1.54) is 6.07 Å². The lowest BCUT2D eigenvalue weighted by molar-refractivity contribution is 0.502. The zero-order chi connectivity index (χ0) is 9.35. The largest absolute Gasteiger partial charge is 0.322 e. The lowest BCUT2D eigenvalue weighted by atomic mass is 9.95. The molecule has 1 rings (SSSR count). The van der Waals surface area contributed by atoms with Crippen molar-refractivity contribution >= 4 is 24.0 Å². The molecular weight excluding hydrogens is 212 g/mol. The fourth-order valence-electron chi connectivity index (χ4n) is 1.00. The summed E-state index contributed by atoms with van der Waals surface area (Å²) in [4.78, 5) is 0. The first-order chi connectivity index (χ1) is 5.43. The zero-order valence-corrected chi connectivity index (χ0v) is 9.05. The van der Waals surface area contributed by atoms with Crippen LogP contribution >= 0.6 is 24.0 Å². The summed E-state index contributed by atoms with van der Waals surface area (Å²) in [6.07, 6.45) is 0. The molecule has 1 aromatic carbocycles. The fourth-order valence-corrected chi connectivity index (χ4v) is 1.18. The van der Waals surface area contributed by atoms with Gasteiger partial charge in [0.2, 0.25) is 0 Å². The maximum atomic E-state index is 13.3. The van der Waals surface area contributed by atoms with Crippen molar-refractivity contribution in [3.63, 3.8) is 0 Å². The average molecular weight is 224 g/mol. The molecule has 1 nitrogen and oxygen atoms in total. The van der Waals surface area contributed by atoms with E-state index in [4.69, 9.17) is 17.3 Å². The van der Waals surface area contributed by atoms with Gasteiger partial charge in [-0.1, -0.05) is 23.7 Å². The highest BCUT2D eigenvalue weighted by Gasteiger charge is 2.19. The molecule has 0 aliphatic carbocycles. The maximum Gasteiger partial charge on any atom is 0.146 e. The Balaban J connectivity index is 0.00000144. The van der Waals surface area contributed by atoms with E-state index in [1.807, 2.05) is 0 Å². The highest BCUT2D eigenvalue weighted by molar-refractivity contribution is 6.30. The van der Waals surface area contributed by atoms with Gasteiger partial charge in [0.1, 0.15) is 5.82 Å². The quantitative estimate of drug-likeness (QED) is 0.779. The van der Waals surface area contributed by atoms with E-state index < -0.39 is 11.4 Å². The van der Waals surface area contributed by atoms with Gasteiger partial charge in [-0.05, 0) is 19.9 Å². The molecule has 74 valence electrons. The number of benzene rings is 1. The van der Waals surface area contributed by atoms with Gasteiger partial charge in [-0.2, -0.15) is 0 Å². The van der Waals surface area contributed by atoms with Crippen LogP contribution in [-0.4, -0.2) is 0 Å². The van der Waals surface area contributed by atoms with Crippen LogP contribution < -0.4 is 5.73 Å². The topological polar surface area (TPSA) is 26.0 Å².